The Bertz CT molecular complexity index is 349. The largest absolute Gasteiger partial charge is 0.481 e. The SMILES string of the molecule is CC(C)(C)CCNC(=O)NC1CCCC1(C)C(=O)O. The highest BCUT2D eigenvalue weighted by Crippen LogP contribution is 2.38. The van der Waals surface area contributed by atoms with E-state index in [1.165, 1.54) is 0 Å². The molecule has 0 heterocycles. The third-order valence-electron chi connectivity index (χ3n) is 3.91. The first kappa shape index (κ1) is 15.8. The molecule has 0 aromatic heterocycles. The van der Waals surface area contributed by atoms with Crippen molar-refractivity contribution in [3.05, 3.63) is 0 Å². The number of aliphatic carboxylic acids is 1. The van der Waals surface area contributed by atoms with E-state index in [-0.39, 0.29) is 17.5 Å². The topological polar surface area (TPSA) is 78.4 Å². The minimum atomic E-state index is -0.832. The van der Waals surface area contributed by atoms with Crippen molar-refractivity contribution in [3.8, 4) is 0 Å². The van der Waals surface area contributed by atoms with Crippen LogP contribution in [-0.4, -0.2) is 29.7 Å². The number of nitrogens with one attached hydrogen (secondary N) is 2. The van der Waals surface area contributed by atoms with Crippen LogP contribution in [0.5, 0.6) is 0 Å². The third-order valence-corrected chi connectivity index (χ3v) is 3.91. The Morgan fingerprint density at radius 3 is 2.53 bits per heavy atom. The molecule has 0 aromatic rings. The minimum Gasteiger partial charge on any atom is -0.481 e. The van der Waals surface area contributed by atoms with E-state index >= 15 is 0 Å². The average molecular weight is 270 g/mol. The molecule has 1 saturated carbocycles. The van der Waals surface area contributed by atoms with Crippen LogP contribution in [0.25, 0.3) is 0 Å². The van der Waals surface area contributed by atoms with Crippen molar-refractivity contribution in [2.24, 2.45) is 10.8 Å². The summed E-state index contributed by atoms with van der Waals surface area (Å²) in [6.45, 7) is 8.66. The Morgan fingerprint density at radius 2 is 2.00 bits per heavy atom. The Morgan fingerprint density at radius 1 is 1.37 bits per heavy atom. The van der Waals surface area contributed by atoms with Crippen molar-refractivity contribution in [3.63, 3.8) is 0 Å². The lowest BCUT2D eigenvalue weighted by Gasteiger charge is -2.28. The Kier molecular flexibility index (Phi) is 4.82. The zero-order chi connectivity index (χ0) is 14.7. The lowest BCUT2D eigenvalue weighted by atomic mass is 9.85. The van der Waals surface area contributed by atoms with Crippen LogP contribution in [0.15, 0.2) is 0 Å². The molecule has 0 bridgehead atoms. The van der Waals surface area contributed by atoms with Gasteiger partial charge in [-0.2, -0.15) is 0 Å². The zero-order valence-corrected chi connectivity index (χ0v) is 12.4. The number of carbonyl (C=O) groups excluding carboxylic acids is 1. The fourth-order valence-electron chi connectivity index (χ4n) is 2.41. The van der Waals surface area contributed by atoms with Gasteiger partial charge in [-0.05, 0) is 31.6 Å². The fourth-order valence-corrected chi connectivity index (χ4v) is 2.41. The van der Waals surface area contributed by atoms with Gasteiger partial charge >= 0.3 is 12.0 Å². The van der Waals surface area contributed by atoms with E-state index in [0.29, 0.717) is 13.0 Å². The van der Waals surface area contributed by atoms with Gasteiger partial charge in [-0.1, -0.05) is 27.2 Å². The van der Waals surface area contributed by atoms with Gasteiger partial charge in [0, 0.05) is 12.6 Å². The van der Waals surface area contributed by atoms with Crippen LogP contribution in [0.3, 0.4) is 0 Å². The highest BCUT2D eigenvalue weighted by molar-refractivity contribution is 5.79. The van der Waals surface area contributed by atoms with Crippen LogP contribution >= 0.6 is 0 Å². The molecule has 5 heteroatoms. The third kappa shape index (κ3) is 4.40. The second-order valence-corrected chi connectivity index (χ2v) is 6.88. The number of hydrogen-bond acceptors (Lipinski definition) is 2. The molecule has 1 aliphatic rings. The molecule has 1 fully saturated rings. The number of carboxylic acid groups (broad SMARTS) is 1. The van der Waals surface area contributed by atoms with Crippen LogP contribution in [0.4, 0.5) is 4.79 Å². The van der Waals surface area contributed by atoms with E-state index in [9.17, 15) is 14.7 Å². The number of carboxylic acids is 1. The van der Waals surface area contributed by atoms with Crippen molar-refractivity contribution in [2.45, 2.75) is 59.4 Å². The van der Waals surface area contributed by atoms with Crippen LogP contribution in [0, 0.1) is 10.8 Å². The maximum absolute atomic E-state index is 11.8. The molecule has 1 rings (SSSR count). The van der Waals surface area contributed by atoms with E-state index in [1.807, 2.05) is 0 Å². The highest BCUT2D eigenvalue weighted by atomic mass is 16.4. The lowest BCUT2D eigenvalue weighted by molar-refractivity contribution is -0.148. The predicted molar refractivity (Wildman–Crippen MR) is 74.0 cm³/mol. The smallest absolute Gasteiger partial charge is 0.315 e. The number of carbonyl (C=O) groups is 2. The van der Waals surface area contributed by atoms with Crippen molar-refractivity contribution in [1.82, 2.24) is 10.6 Å². The van der Waals surface area contributed by atoms with Gasteiger partial charge in [0.15, 0.2) is 0 Å². The quantitative estimate of drug-likeness (QED) is 0.733. The minimum absolute atomic E-state index is 0.177. The highest BCUT2D eigenvalue weighted by Gasteiger charge is 2.45. The molecule has 0 aromatic carbocycles. The summed E-state index contributed by atoms with van der Waals surface area (Å²) in [6.07, 6.45) is 3.09. The molecule has 0 radical (unpaired) electrons. The molecule has 110 valence electrons. The maximum Gasteiger partial charge on any atom is 0.315 e. The summed E-state index contributed by atoms with van der Waals surface area (Å²) in [5, 5.41) is 14.9. The standard InChI is InChI=1S/C14H26N2O3/c1-13(2,3)8-9-15-12(19)16-10-6-5-7-14(10,4)11(17)18/h10H,5-9H2,1-4H3,(H,17,18)(H2,15,16,19). The Hall–Kier alpha value is -1.26. The van der Waals surface area contributed by atoms with Crippen LogP contribution in [0.1, 0.15) is 53.4 Å². The first-order chi connectivity index (χ1) is 8.65. The van der Waals surface area contributed by atoms with Crippen molar-refractivity contribution in [2.75, 3.05) is 6.54 Å². The molecule has 0 spiro atoms. The van der Waals surface area contributed by atoms with E-state index in [2.05, 4.69) is 31.4 Å². The Balaban J connectivity index is 2.42. The number of urea groups is 1. The van der Waals surface area contributed by atoms with E-state index in [1.54, 1.807) is 6.92 Å². The second kappa shape index (κ2) is 5.80. The van der Waals surface area contributed by atoms with E-state index in [4.69, 9.17) is 0 Å². The molecule has 3 N–H and O–H groups in total. The number of rotatable bonds is 4. The van der Waals surface area contributed by atoms with Gasteiger partial charge in [-0.3, -0.25) is 4.79 Å². The maximum atomic E-state index is 11.8. The predicted octanol–water partition coefficient (Wildman–Crippen LogP) is 2.37. The van der Waals surface area contributed by atoms with Gasteiger partial charge in [0.1, 0.15) is 0 Å². The molecule has 19 heavy (non-hydrogen) atoms. The number of hydrogen-bond donors (Lipinski definition) is 3. The number of amides is 2. The summed E-state index contributed by atoms with van der Waals surface area (Å²) in [6, 6.07) is -0.539. The van der Waals surface area contributed by atoms with Crippen molar-refractivity contribution < 1.29 is 14.7 Å². The molecule has 2 unspecified atom stereocenters. The van der Waals surface area contributed by atoms with Crippen LogP contribution in [0.2, 0.25) is 0 Å². The molecule has 2 atom stereocenters. The first-order valence-corrected chi connectivity index (χ1v) is 6.93. The van der Waals surface area contributed by atoms with E-state index < -0.39 is 11.4 Å². The van der Waals surface area contributed by atoms with Gasteiger partial charge in [0.2, 0.25) is 0 Å². The Labute approximate surface area is 115 Å². The molecule has 0 saturated heterocycles. The molecular formula is C14H26N2O3. The fraction of sp³-hybridized carbons (Fsp3) is 0.857. The lowest BCUT2D eigenvalue weighted by Crippen LogP contribution is -2.50. The van der Waals surface area contributed by atoms with Gasteiger partial charge in [-0.15, -0.1) is 0 Å². The summed E-state index contributed by atoms with van der Waals surface area (Å²) in [5.74, 6) is -0.829. The molecule has 5 nitrogen and oxygen atoms in total. The van der Waals surface area contributed by atoms with Gasteiger partial charge in [-0.25, -0.2) is 4.79 Å². The molecular weight excluding hydrogens is 244 g/mol. The average Bonchev–Trinajstić information content (AvgIpc) is 2.59. The van der Waals surface area contributed by atoms with Gasteiger partial charge < -0.3 is 15.7 Å². The first-order valence-electron chi connectivity index (χ1n) is 6.93. The van der Waals surface area contributed by atoms with Gasteiger partial charge in [0.05, 0.1) is 5.41 Å². The van der Waals surface area contributed by atoms with Gasteiger partial charge in [0.25, 0.3) is 0 Å². The monoisotopic (exact) mass is 270 g/mol. The second-order valence-electron chi connectivity index (χ2n) is 6.88. The summed E-state index contributed by atoms with van der Waals surface area (Å²) >= 11 is 0. The van der Waals surface area contributed by atoms with Crippen LogP contribution < -0.4 is 10.6 Å². The molecule has 2 amide bonds. The molecule has 1 aliphatic carbocycles. The summed E-state index contributed by atoms with van der Waals surface area (Å²) in [4.78, 5) is 23.1. The van der Waals surface area contributed by atoms with Crippen molar-refractivity contribution in [1.29, 1.82) is 0 Å². The van der Waals surface area contributed by atoms with E-state index in [0.717, 1.165) is 19.3 Å². The molecule has 0 aliphatic heterocycles. The zero-order valence-electron chi connectivity index (χ0n) is 12.4. The van der Waals surface area contributed by atoms with Crippen LogP contribution in [-0.2, 0) is 4.79 Å². The normalized spacial score (nSPS) is 27.1. The summed E-state index contributed by atoms with van der Waals surface area (Å²) in [5.41, 5.74) is -0.655. The summed E-state index contributed by atoms with van der Waals surface area (Å²) in [7, 11) is 0. The summed E-state index contributed by atoms with van der Waals surface area (Å²) < 4.78 is 0. The van der Waals surface area contributed by atoms with Crippen molar-refractivity contribution >= 4 is 12.0 Å².